The van der Waals surface area contributed by atoms with Crippen LogP contribution in [0.15, 0.2) is 24.5 Å². The van der Waals surface area contributed by atoms with Crippen molar-refractivity contribution in [3.63, 3.8) is 0 Å². The van der Waals surface area contributed by atoms with Crippen molar-refractivity contribution in [3.8, 4) is 11.5 Å². The number of methoxy groups -OCH3 is 2. The fourth-order valence-electron chi connectivity index (χ4n) is 1.93. The van der Waals surface area contributed by atoms with E-state index in [1.54, 1.807) is 14.2 Å². The number of nitrogens with one attached hydrogen (secondary N) is 2. The van der Waals surface area contributed by atoms with Crippen molar-refractivity contribution >= 4 is 0 Å². The number of aromatic nitrogens is 3. The molecule has 6 heteroatoms. The number of rotatable bonds is 8. The van der Waals surface area contributed by atoms with Crippen molar-refractivity contribution in [2.75, 3.05) is 20.8 Å². The number of nitrogens with zero attached hydrogens (tertiary/aromatic N) is 2. The lowest BCUT2D eigenvalue weighted by molar-refractivity contribution is 0.393. The fraction of sp³-hybridized carbons (Fsp3) is 0.429. The van der Waals surface area contributed by atoms with Gasteiger partial charge >= 0.3 is 0 Å². The SMILES string of the molecule is COc1cc(CNCCCc2ncn[nH]2)cc(OC)c1. The molecule has 0 amide bonds. The molecule has 1 aromatic heterocycles. The summed E-state index contributed by atoms with van der Waals surface area (Å²) in [5.41, 5.74) is 1.14. The van der Waals surface area contributed by atoms with Crippen LogP contribution in [0.25, 0.3) is 0 Å². The highest BCUT2D eigenvalue weighted by atomic mass is 16.5. The first-order valence-electron chi connectivity index (χ1n) is 6.58. The Balaban J connectivity index is 1.75. The number of hydrogen-bond acceptors (Lipinski definition) is 5. The Morgan fingerprint density at radius 2 is 1.90 bits per heavy atom. The van der Waals surface area contributed by atoms with Crippen LogP contribution >= 0.6 is 0 Å². The van der Waals surface area contributed by atoms with Crippen molar-refractivity contribution in [2.24, 2.45) is 0 Å². The summed E-state index contributed by atoms with van der Waals surface area (Å²) in [4.78, 5) is 4.09. The summed E-state index contributed by atoms with van der Waals surface area (Å²) in [6, 6.07) is 5.88. The molecular formula is C14H20N4O2. The Bertz CT molecular complexity index is 492. The fourth-order valence-corrected chi connectivity index (χ4v) is 1.93. The Labute approximate surface area is 118 Å². The Kier molecular flexibility index (Phi) is 5.37. The molecule has 2 aromatic rings. The van der Waals surface area contributed by atoms with Crippen LogP contribution < -0.4 is 14.8 Å². The Hall–Kier alpha value is -2.08. The number of aromatic amines is 1. The van der Waals surface area contributed by atoms with Gasteiger partial charge in [-0.1, -0.05) is 0 Å². The molecule has 0 spiro atoms. The summed E-state index contributed by atoms with van der Waals surface area (Å²) in [5.74, 6) is 2.54. The molecular weight excluding hydrogens is 256 g/mol. The van der Waals surface area contributed by atoms with E-state index in [4.69, 9.17) is 9.47 Å². The first-order chi connectivity index (χ1) is 9.81. The Morgan fingerprint density at radius 1 is 1.15 bits per heavy atom. The second-order valence-corrected chi connectivity index (χ2v) is 4.43. The second kappa shape index (κ2) is 7.49. The second-order valence-electron chi connectivity index (χ2n) is 4.43. The molecule has 0 bridgehead atoms. The van der Waals surface area contributed by atoms with Crippen molar-refractivity contribution in [1.29, 1.82) is 0 Å². The molecule has 1 heterocycles. The molecule has 0 atom stereocenters. The zero-order valence-corrected chi connectivity index (χ0v) is 11.8. The van der Waals surface area contributed by atoms with Crippen molar-refractivity contribution in [1.82, 2.24) is 20.5 Å². The highest BCUT2D eigenvalue weighted by molar-refractivity contribution is 5.38. The smallest absolute Gasteiger partial charge is 0.137 e. The molecule has 108 valence electrons. The molecule has 0 fully saturated rings. The molecule has 0 unspecified atom stereocenters. The minimum absolute atomic E-state index is 0.782. The van der Waals surface area contributed by atoms with E-state index in [1.807, 2.05) is 18.2 Å². The highest BCUT2D eigenvalue weighted by Crippen LogP contribution is 2.22. The lowest BCUT2D eigenvalue weighted by atomic mass is 10.2. The van der Waals surface area contributed by atoms with Gasteiger partial charge in [0.25, 0.3) is 0 Å². The third kappa shape index (κ3) is 4.24. The van der Waals surface area contributed by atoms with Gasteiger partial charge in [-0.05, 0) is 30.7 Å². The zero-order valence-electron chi connectivity index (χ0n) is 11.8. The van der Waals surface area contributed by atoms with E-state index in [-0.39, 0.29) is 0 Å². The minimum Gasteiger partial charge on any atom is -0.497 e. The van der Waals surface area contributed by atoms with Crippen molar-refractivity contribution in [3.05, 3.63) is 35.9 Å². The molecule has 6 nitrogen and oxygen atoms in total. The lowest BCUT2D eigenvalue weighted by Gasteiger charge is -2.09. The number of H-pyrrole nitrogens is 1. The summed E-state index contributed by atoms with van der Waals surface area (Å²) < 4.78 is 10.5. The van der Waals surface area contributed by atoms with Gasteiger partial charge in [0.15, 0.2) is 0 Å². The Morgan fingerprint density at radius 3 is 2.50 bits per heavy atom. The minimum atomic E-state index is 0.782. The molecule has 2 rings (SSSR count). The van der Waals surface area contributed by atoms with Crippen LogP contribution in [0.2, 0.25) is 0 Å². The van der Waals surface area contributed by atoms with Gasteiger partial charge in [0.1, 0.15) is 23.7 Å². The predicted molar refractivity (Wildman–Crippen MR) is 76.0 cm³/mol. The summed E-state index contributed by atoms with van der Waals surface area (Å²) >= 11 is 0. The van der Waals surface area contributed by atoms with Gasteiger partial charge in [0.2, 0.25) is 0 Å². The van der Waals surface area contributed by atoms with E-state index in [9.17, 15) is 0 Å². The van der Waals surface area contributed by atoms with Gasteiger partial charge in [0, 0.05) is 19.0 Å². The molecule has 20 heavy (non-hydrogen) atoms. The first-order valence-corrected chi connectivity index (χ1v) is 6.58. The molecule has 0 radical (unpaired) electrons. The third-order valence-corrected chi connectivity index (χ3v) is 2.97. The molecule has 0 saturated carbocycles. The predicted octanol–water partition coefficient (Wildman–Crippen LogP) is 1.54. The molecule has 2 N–H and O–H groups in total. The van der Waals surface area contributed by atoms with Crippen molar-refractivity contribution in [2.45, 2.75) is 19.4 Å². The largest absolute Gasteiger partial charge is 0.497 e. The maximum atomic E-state index is 5.25. The summed E-state index contributed by atoms with van der Waals surface area (Å²) in [7, 11) is 3.31. The number of ether oxygens (including phenoxy) is 2. The zero-order chi connectivity index (χ0) is 14.2. The maximum absolute atomic E-state index is 5.25. The van der Waals surface area contributed by atoms with Gasteiger partial charge < -0.3 is 14.8 Å². The van der Waals surface area contributed by atoms with Gasteiger partial charge in [-0.3, -0.25) is 5.10 Å². The molecule has 0 aliphatic heterocycles. The number of benzene rings is 1. The van der Waals surface area contributed by atoms with Crippen LogP contribution in [0, 0.1) is 0 Å². The summed E-state index contributed by atoms with van der Waals surface area (Å²) in [6.07, 6.45) is 3.44. The van der Waals surface area contributed by atoms with Gasteiger partial charge in [-0.25, -0.2) is 4.98 Å². The summed E-state index contributed by atoms with van der Waals surface area (Å²) in [5, 5.41) is 10.1. The topological polar surface area (TPSA) is 72.1 Å². The highest BCUT2D eigenvalue weighted by Gasteiger charge is 2.02. The number of aryl methyl sites for hydroxylation is 1. The van der Waals surface area contributed by atoms with Gasteiger partial charge in [0.05, 0.1) is 14.2 Å². The normalized spacial score (nSPS) is 10.5. The quantitative estimate of drug-likeness (QED) is 0.716. The van der Waals surface area contributed by atoms with Gasteiger partial charge in [-0.2, -0.15) is 5.10 Å². The van der Waals surface area contributed by atoms with Crippen LogP contribution in [-0.4, -0.2) is 35.9 Å². The average Bonchev–Trinajstić information content (AvgIpc) is 2.99. The standard InChI is InChI=1S/C14H20N4O2/c1-19-12-6-11(7-13(8-12)20-2)9-15-5-3-4-14-16-10-17-18-14/h6-8,10,15H,3-5,9H2,1-2H3,(H,16,17,18). The van der Waals surface area contributed by atoms with E-state index in [2.05, 4.69) is 20.5 Å². The molecule has 0 aliphatic carbocycles. The molecule has 1 aromatic carbocycles. The van der Waals surface area contributed by atoms with Gasteiger partial charge in [-0.15, -0.1) is 0 Å². The third-order valence-electron chi connectivity index (χ3n) is 2.97. The van der Waals surface area contributed by atoms with E-state index in [0.717, 1.165) is 48.8 Å². The van der Waals surface area contributed by atoms with Crippen LogP contribution in [-0.2, 0) is 13.0 Å². The van der Waals surface area contributed by atoms with E-state index in [1.165, 1.54) is 6.33 Å². The first kappa shape index (κ1) is 14.3. The lowest BCUT2D eigenvalue weighted by Crippen LogP contribution is -2.15. The van der Waals surface area contributed by atoms with Crippen LogP contribution in [0.4, 0.5) is 0 Å². The summed E-state index contributed by atoms with van der Waals surface area (Å²) in [6.45, 7) is 1.70. The monoisotopic (exact) mass is 276 g/mol. The molecule has 0 aliphatic rings. The average molecular weight is 276 g/mol. The number of hydrogen-bond donors (Lipinski definition) is 2. The van der Waals surface area contributed by atoms with Crippen LogP contribution in [0.5, 0.6) is 11.5 Å². The van der Waals surface area contributed by atoms with E-state index in [0.29, 0.717) is 0 Å². The van der Waals surface area contributed by atoms with Crippen LogP contribution in [0.3, 0.4) is 0 Å². The van der Waals surface area contributed by atoms with E-state index < -0.39 is 0 Å². The van der Waals surface area contributed by atoms with Crippen LogP contribution in [0.1, 0.15) is 17.8 Å². The maximum Gasteiger partial charge on any atom is 0.137 e. The molecule has 0 saturated heterocycles. The van der Waals surface area contributed by atoms with Crippen molar-refractivity contribution < 1.29 is 9.47 Å². The van der Waals surface area contributed by atoms with E-state index >= 15 is 0 Å².